The first-order chi connectivity index (χ1) is 7.57. The zero-order valence-corrected chi connectivity index (χ0v) is 9.47. The minimum atomic E-state index is -0.152. The molecule has 1 amide bonds. The van der Waals surface area contributed by atoms with E-state index in [9.17, 15) is 4.79 Å². The fraction of sp³-hybridized carbons (Fsp3) is 0.333. The SMILES string of the molecule is CC(CC#N)N(C)C(=O)c1ccccc1N. The quantitative estimate of drug-likeness (QED) is 0.782. The third-order valence-electron chi connectivity index (χ3n) is 2.56. The molecule has 1 rings (SSSR count). The van der Waals surface area contributed by atoms with E-state index in [1.54, 1.807) is 31.3 Å². The van der Waals surface area contributed by atoms with Crippen LogP contribution in [0.3, 0.4) is 0 Å². The van der Waals surface area contributed by atoms with Gasteiger partial charge in [-0.3, -0.25) is 4.79 Å². The van der Waals surface area contributed by atoms with Crippen LogP contribution in [0.2, 0.25) is 0 Å². The number of nitrogen functional groups attached to an aromatic ring is 1. The normalized spacial score (nSPS) is 11.6. The van der Waals surface area contributed by atoms with Gasteiger partial charge in [-0.1, -0.05) is 12.1 Å². The number of para-hydroxylation sites is 1. The summed E-state index contributed by atoms with van der Waals surface area (Å²) in [6.07, 6.45) is 0.314. The van der Waals surface area contributed by atoms with E-state index in [0.29, 0.717) is 17.7 Å². The summed E-state index contributed by atoms with van der Waals surface area (Å²) in [5, 5.41) is 8.58. The largest absolute Gasteiger partial charge is 0.398 e. The predicted octanol–water partition coefficient (Wildman–Crippen LogP) is 1.64. The van der Waals surface area contributed by atoms with E-state index in [1.807, 2.05) is 13.0 Å². The Morgan fingerprint density at radius 3 is 2.75 bits per heavy atom. The zero-order valence-electron chi connectivity index (χ0n) is 9.47. The third kappa shape index (κ3) is 2.51. The molecule has 0 bridgehead atoms. The Morgan fingerprint density at radius 1 is 1.56 bits per heavy atom. The summed E-state index contributed by atoms with van der Waals surface area (Å²) in [6, 6.07) is 8.86. The van der Waals surface area contributed by atoms with E-state index >= 15 is 0 Å². The molecule has 2 N–H and O–H groups in total. The highest BCUT2D eigenvalue weighted by Crippen LogP contribution is 2.14. The standard InChI is InChI=1S/C12H15N3O/c1-9(7-8-13)15(2)12(16)10-5-3-4-6-11(10)14/h3-6,9H,7,14H2,1-2H3. The zero-order chi connectivity index (χ0) is 12.1. The molecule has 0 aliphatic carbocycles. The van der Waals surface area contributed by atoms with Gasteiger partial charge in [0.25, 0.3) is 5.91 Å². The van der Waals surface area contributed by atoms with E-state index in [1.165, 1.54) is 4.90 Å². The number of nitrogens with zero attached hydrogens (tertiary/aromatic N) is 2. The highest BCUT2D eigenvalue weighted by Gasteiger charge is 2.18. The van der Waals surface area contributed by atoms with Gasteiger partial charge in [-0.2, -0.15) is 5.26 Å². The molecule has 1 aromatic carbocycles. The number of benzene rings is 1. The van der Waals surface area contributed by atoms with Crippen LogP contribution in [0, 0.1) is 11.3 Å². The molecule has 0 aliphatic rings. The van der Waals surface area contributed by atoms with E-state index in [2.05, 4.69) is 0 Å². The van der Waals surface area contributed by atoms with Crippen LogP contribution in [0.1, 0.15) is 23.7 Å². The van der Waals surface area contributed by atoms with Crippen molar-refractivity contribution >= 4 is 11.6 Å². The smallest absolute Gasteiger partial charge is 0.255 e. The van der Waals surface area contributed by atoms with E-state index in [4.69, 9.17) is 11.0 Å². The van der Waals surface area contributed by atoms with Gasteiger partial charge in [-0.05, 0) is 19.1 Å². The molecule has 0 saturated carbocycles. The van der Waals surface area contributed by atoms with Gasteiger partial charge in [0, 0.05) is 18.8 Å². The number of hydrogen-bond acceptors (Lipinski definition) is 3. The van der Waals surface area contributed by atoms with Crippen molar-refractivity contribution in [2.45, 2.75) is 19.4 Å². The van der Waals surface area contributed by atoms with Crippen molar-refractivity contribution in [1.82, 2.24) is 4.90 Å². The maximum Gasteiger partial charge on any atom is 0.255 e. The average Bonchev–Trinajstić information content (AvgIpc) is 2.28. The Balaban J connectivity index is 2.87. The number of nitriles is 1. The lowest BCUT2D eigenvalue weighted by molar-refractivity contribution is 0.0747. The summed E-state index contributed by atoms with van der Waals surface area (Å²) >= 11 is 0. The van der Waals surface area contributed by atoms with Crippen LogP contribution in [0.25, 0.3) is 0 Å². The highest BCUT2D eigenvalue weighted by atomic mass is 16.2. The molecule has 0 saturated heterocycles. The Kier molecular flexibility index (Phi) is 3.90. The molecule has 1 unspecified atom stereocenters. The molecule has 1 aromatic rings. The Bertz CT molecular complexity index is 423. The molecule has 4 heteroatoms. The van der Waals surface area contributed by atoms with Crippen molar-refractivity contribution < 1.29 is 4.79 Å². The topological polar surface area (TPSA) is 70.1 Å². The lowest BCUT2D eigenvalue weighted by atomic mass is 10.1. The van der Waals surface area contributed by atoms with Crippen LogP contribution in [0.4, 0.5) is 5.69 Å². The van der Waals surface area contributed by atoms with E-state index < -0.39 is 0 Å². The number of carbonyl (C=O) groups excluding carboxylic acids is 1. The molecule has 0 spiro atoms. The van der Waals surface area contributed by atoms with Crippen molar-refractivity contribution in [2.24, 2.45) is 0 Å². The van der Waals surface area contributed by atoms with Crippen molar-refractivity contribution in [3.05, 3.63) is 29.8 Å². The minimum absolute atomic E-state index is 0.114. The van der Waals surface area contributed by atoms with Crippen LogP contribution in [0.15, 0.2) is 24.3 Å². The second-order valence-corrected chi connectivity index (χ2v) is 3.71. The van der Waals surface area contributed by atoms with Crippen LogP contribution in [-0.4, -0.2) is 23.9 Å². The fourth-order valence-corrected chi connectivity index (χ4v) is 1.35. The van der Waals surface area contributed by atoms with Crippen molar-refractivity contribution in [2.75, 3.05) is 12.8 Å². The van der Waals surface area contributed by atoms with Gasteiger partial charge in [0.05, 0.1) is 18.1 Å². The molecule has 0 aromatic heterocycles. The molecule has 1 atom stereocenters. The number of nitrogens with two attached hydrogens (primary N) is 1. The maximum absolute atomic E-state index is 12.0. The van der Waals surface area contributed by atoms with E-state index in [-0.39, 0.29) is 11.9 Å². The van der Waals surface area contributed by atoms with Crippen LogP contribution >= 0.6 is 0 Å². The van der Waals surface area contributed by atoms with Crippen LogP contribution in [0.5, 0.6) is 0 Å². The van der Waals surface area contributed by atoms with Crippen LogP contribution in [-0.2, 0) is 0 Å². The minimum Gasteiger partial charge on any atom is -0.398 e. The molecule has 0 heterocycles. The summed E-state index contributed by atoms with van der Waals surface area (Å²) < 4.78 is 0. The van der Waals surface area contributed by atoms with Gasteiger partial charge in [0.15, 0.2) is 0 Å². The summed E-state index contributed by atoms with van der Waals surface area (Å²) in [7, 11) is 1.68. The highest BCUT2D eigenvalue weighted by molar-refractivity contribution is 5.99. The first-order valence-electron chi connectivity index (χ1n) is 5.06. The lowest BCUT2D eigenvalue weighted by Gasteiger charge is -2.23. The fourth-order valence-electron chi connectivity index (χ4n) is 1.35. The summed E-state index contributed by atoms with van der Waals surface area (Å²) in [4.78, 5) is 13.6. The van der Waals surface area contributed by atoms with Crippen molar-refractivity contribution in [3.63, 3.8) is 0 Å². The molecule has 0 fully saturated rings. The van der Waals surface area contributed by atoms with E-state index in [0.717, 1.165) is 0 Å². The number of anilines is 1. The monoisotopic (exact) mass is 217 g/mol. The first kappa shape index (κ1) is 12.1. The molecule has 16 heavy (non-hydrogen) atoms. The summed E-state index contributed by atoms with van der Waals surface area (Å²) in [5.74, 6) is -0.152. The van der Waals surface area contributed by atoms with Crippen LogP contribution < -0.4 is 5.73 Å². The lowest BCUT2D eigenvalue weighted by Crippen LogP contribution is -2.35. The summed E-state index contributed by atoms with van der Waals surface area (Å²) in [5.41, 5.74) is 6.66. The number of rotatable bonds is 3. The molecule has 84 valence electrons. The Labute approximate surface area is 95.3 Å². The molecule has 0 radical (unpaired) electrons. The van der Waals surface area contributed by atoms with Gasteiger partial charge in [-0.15, -0.1) is 0 Å². The molecule has 4 nitrogen and oxygen atoms in total. The number of amides is 1. The maximum atomic E-state index is 12.0. The Morgan fingerprint density at radius 2 is 2.19 bits per heavy atom. The summed E-state index contributed by atoms with van der Waals surface area (Å²) in [6.45, 7) is 1.83. The second-order valence-electron chi connectivity index (χ2n) is 3.71. The second kappa shape index (κ2) is 5.17. The van der Waals surface area contributed by atoms with Crippen molar-refractivity contribution in [1.29, 1.82) is 5.26 Å². The van der Waals surface area contributed by atoms with Gasteiger partial charge < -0.3 is 10.6 Å². The van der Waals surface area contributed by atoms with Gasteiger partial charge >= 0.3 is 0 Å². The Hall–Kier alpha value is -2.02. The van der Waals surface area contributed by atoms with Gasteiger partial charge in [0.2, 0.25) is 0 Å². The van der Waals surface area contributed by atoms with Crippen molar-refractivity contribution in [3.8, 4) is 6.07 Å². The average molecular weight is 217 g/mol. The predicted molar refractivity (Wildman–Crippen MR) is 62.6 cm³/mol. The van der Waals surface area contributed by atoms with Gasteiger partial charge in [-0.25, -0.2) is 0 Å². The number of hydrogen-bond donors (Lipinski definition) is 1. The third-order valence-corrected chi connectivity index (χ3v) is 2.56. The molecule has 0 aliphatic heterocycles. The first-order valence-corrected chi connectivity index (χ1v) is 5.06. The van der Waals surface area contributed by atoms with Gasteiger partial charge in [0.1, 0.15) is 0 Å². The molecular formula is C12H15N3O. The molecular weight excluding hydrogens is 202 g/mol. The number of carbonyl (C=O) groups is 1.